The van der Waals surface area contributed by atoms with Crippen LogP contribution in [-0.4, -0.2) is 38.2 Å². The van der Waals surface area contributed by atoms with Gasteiger partial charge in [-0.1, -0.05) is 42.8 Å². The molecule has 1 aliphatic carbocycles. The Morgan fingerprint density at radius 1 is 0.706 bits per heavy atom. The van der Waals surface area contributed by atoms with Crippen LogP contribution in [-0.2, 0) is 12.8 Å². The first-order chi connectivity index (χ1) is 16.7. The largest absolute Gasteiger partial charge is 0.337 e. The van der Waals surface area contributed by atoms with Crippen LogP contribution < -0.4 is 20.4 Å². The topological polar surface area (TPSA) is 64.7 Å². The zero-order chi connectivity index (χ0) is 23.3. The number of hydrogen-bond acceptors (Lipinski definition) is 2. The van der Waals surface area contributed by atoms with E-state index in [1.54, 1.807) is 0 Å². The number of carbonyl (C=O) groups is 2. The second-order valence-corrected chi connectivity index (χ2v) is 10.0. The smallest absolute Gasteiger partial charge is 0.321 e. The zero-order valence-corrected chi connectivity index (χ0v) is 20.0. The summed E-state index contributed by atoms with van der Waals surface area (Å²) in [5.74, 6) is 0.936. The molecule has 180 valence electrons. The van der Waals surface area contributed by atoms with Gasteiger partial charge in [0.25, 0.3) is 0 Å². The molecule has 0 radical (unpaired) electrons. The lowest BCUT2D eigenvalue weighted by Crippen LogP contribution is -2.46. The molecule has 2 unspecified atom stereocenters. The maximum absolute atomic E-state index is 12.9. The molecule has 2 aromatic carbocycles. The van der Waals surface area contributed by atoms with Gasteiger partial charge in [0.05, 0.1) is 0 Å². The molecule has 2 aliphatic heterocycles. The van der Waals surface area contributed by atoms with Gasteiger partial charge in [0, 0.05) is 37.6 Å². The lowest BCUT2D eigenvalue weighted by atomic mass is 9.81. The molecule has 0 bridgehead atoms. The van der Waals surface area contributed by atoms with Crippen molar-refractivity contribution in [3.8, 4) is 0 Å². The molecule has 34 heavy (non-hydrogen) atoms. The highest BCUT2D eigenvalue weighted by Gasteiger charge is 2.27. The average molecular weight is 461 g/mol. The molecule has 1 saturated carbocycles. The Labute approximate surface area is 202 Å². The van der Waals surface area contributed by atoms with Gasteiger partial charge in [-0.15, -0.1) is 0 Å². The molecule has 4 amide bonds. The molecule has 2 atom stereocenters. The summed E-state index contributed by atoms with van der Waals surface area (Å²) in [5, 5.41) is 6.41. The summed E-state index contributed by atoms with van der Waals surface area (Å²) in [6.07, 6.45) is 8.59. The normalized spacial score (nSPS) is 21.9. The van der Waals surface area contributed by atoms with E-state index in [4.69, 9.17) is 0 Å². The molecule has 6 nitrogen and oxygen atoms in total. The molecule has 2 heterocycles. The summed E-state index contributed by atoms with van der Waals surface area (Å²) in [6.45, 7) is 2.98. The molecule has 2 aromatic rings. The van der Waals surface area contributed by atoms with Crippen molar-refractivity contribution in [2.75, 3.05) is 36.0 Å². The SMILES string of the molecule is O=C(NCC1CCCC(CNC(=O)N2CCCc3ccccc32)C1)N1CCCc2ccccc21. The quantitative estimate of drug-likeness (QED) is 0.665. The number of para-hydroxylation sites is 2. The van der Waals surface area contributed by atoms with E-state index in [9.17, 15) is 9.59 Å². The van der Waals surface area contributed by atoms with Crippen molar-refractivity contribution in [2.24, 2.45) is 11.8 Å². The fourth-order valence-corrected chi connectivity index (χ4v) is 5.92. The molecular weight excluding hydrogens is 424 g/mol. The molecule has 0 aromatic heterocycles. The Morgan fingerprint density at radius 3 is 1.68 bits per heavy atom. The van der Waals surface area contributed by atoms with Gasteiger partial charge in [0.15, 0.2) is 0 Å². The predicted octanol–water partition coefficient (Wildman–Crippen LogP) is 5.12. The van der Waals surface area contributed by atoms with Crippen molar-refractivity contribution in [3.05, 3.63) is 59.7 Å². The number of fused-ring (bicyclic) bond motifs is 2. The molecule has 3 aliphatic rings. The van der Waals surface area contributed by atoms with Gasteiger partial charge in [-0.3, -0.25) is 9.80 Å². The number of carbonyl (C=O) groups excluding carboxylic acids is 2. The van der Waals surface area contributed by atoms with Crippen molar-refractivity contribution in [1.82, 2.24) is 10.6 Å². The van der Waals surface area contributed by atoms with Crippen LogP contribution in [0.3, 0.4) is 0 Å². The van der Waals surface area contributed by atoms with E-state index in [0.29, 0.717) is 24.9 Å². The Hall–Kier alpha value is -3.02. The van der Waals surface area contributed by atoms with Gasteiger partial charge in [-0.25, -0.2) is 9.59 Å². The average Bonchev–Trinajstić information content (AvgIpc) is 2.90. The standard InChI is InChI=1S/C28H36N4O2/c33-27(31-16-6-12-23-10-1-3-14-25(23)31)29-19-21-8-5-9-22(18-21)20-30-28(34)32-17-7-13-24-11-2-4-15-26(24)32/h1-4,10-11,14-15,21-22H,5-9,12-13,16-20H2,(H,29,33)(H,30,34). The Morgan fingerprint density at radius 2 is 1.18 bits per heavy atom. The number of aryl methyl sites for hydroxylation is 2. The zero-order valence-electron chi connectivity index (χ0n) is 20.0. The molecule has 5 rings (SSSR count). The number of urea groups is 2. The van der Waals surface area contributed by atoms with E-state index in [0.717, 1.165) is 75.8 Å². The van der Waals surface area contributed by atoms with Crippen molar-refractivity contribution in [1.29, 1.82) is 0 Å². The van der Waals surface area contributed by atoms with Crippen LogP contribution >= 0.6 is 0 Å². The monoisotopic (exact) mass is 460 g/mol. The molecule has 6 heteroatoms. The third kappa shape index (κ3) is 5.06. The van der Waals surface area contributed by atoms with Crippen LogP contribution in [0.1, 0.15) is 49.7 Å². The van der Waals surface area contributed by atoms with E-state index in [1.165, 1.54) is 11.1 Å². The first kappa shape index (κ1) is 22.8. The van der Waals surface area contributed by atoms with Gasteiger partial charge < -0.3 is 10.6 Å². The third-order valence-corrected chi connectivity index (χ3v) is 7.69. The Balaban J connectivity index is 1.10. The van der Waals surface area contributed by atoms with E-state index < -0.39 is 0 Å². The number of nitrogens with zero attached hydrogens (tertiary/aromatic N) is 2. The van der Waals surface area contributed by atoms with E-state index >= 15 is 0 Å². The number of anilines is 2. The van der Waals surface area contributed by atoms with Crippen LogP contribution in [0.15, 0.2) is 48.5 Å². The van der Waals surface area contributed by atoms with E-state index in [2.05, 4.69) is 22.8 Å². The van der Waals surface area contributed by atoms with Crippen LogP contribution in [0, 0.1) is 11.8 Å². The van der Waals surface area contributed by atoms with E-state index in [-0.39, 0.29) is 12.1 Å². The maximum atomic E-state index is 12.9. The van der Waals surface area contributed by atoms with E-state index in [1.807, 2.05) is 46.2 Å². The maximum Gasteiger partial charge on any atom is 0.321 e. The number of rotatable bonds is 4. The number of hydrogen-bond donors (Lipinski definition) is 2. The molecule has 2 N–H and O–H groups in total. The lowest BCUT2D eigenvalue weighted by molar-refractivity contribution is 0.225. The van der Waals surface area contributed by atoms with Crippen LogP contribution in [0.2, 0.25) is 0 Å². The molecule has 1 fully saturated rings. The Bertz CT molecular complexity index is 943. The molecule has 0 spiro atoms. The Kier molecular flexibility index (Phi) is 7.02. The summed E-state index contributed by atoms with van der Waals surface area (Å²) in [4.78, 5) is 29.7. The number of amides is 4. The minimum Gasteiger partial charge on any atom is -0.337 e. The van der Waals surface area contributed by atoms with Gasteiger partial charge in [-0.2, -0.15) is 0 Å². The minimum absolute atomic E-state index is 0.0198. The summed E-state index contributed by atoms with van der Waals surface area (Å²) < 4.78 is 0. The molecule has 0 saturated heterocycles. The van der Waals surface area contributed by atoms with Gasteiger partial charge in [0.2, 0.25) is 0 Å². The highest BCUT2D eigenvalue weighted by atomic mass is 16.2. The van der Waals surface area contributed by atoms with Crippen LogP contribution in [0.5, 0.6) is 0 Å². The summed E-state index contributed by atoms with van der Waals surface area (Å²) in [5.41, 5.74) is 4.62. The highest BCUT2D eigenvalue weighted by Crippen LogP contribution is 2.30. The summed E-state index contributed by atoms with van der Waals surface area (Å²) in [6, 6.07) is 16.5. The lowest BCUT2D eigenvalue weighted by Gasteiger charge is -2.33. The molecular formula is C28H36N4O2. The first-order valence-corrected chi connectivity index (χ1v) is 13.0. The van der Waals surface area contributed by atoms with Crippen molar-refractivity contribution < 1.29 is 9.59 Å². The van der Waals surface area contributed by atoms with Gasteiger partial charge in [0.1, 0.15) is 0 Å². The second-order valence-electron chi connectivity index (χ2n) is 10.0. The van der Waals surface area contributed by atoms with Crippen molar-refractivity contribution >= 4 is 23.4 Å². The predicted molar refractivity (Wildman–Crippen MR) is 136 cm³/mol. The second kappa shape index (κ2) is 10.5. The fourth-order valence-electron chi connectivity index (χ4n) is 5.92. The van der Waals surface area contributed by atoms with Gasteiger partial charge >= 0.3 is 12.1 Å². The van der Waals surface area contributed by atoms with Crippen LogP contribution in [0.4, 0.5) is 21.0 Å². The van der Waals surface area contributed by atoms with Crippen molar-refractivity contribution in [3.63, 3.8) is 0 Å². The third-order valence-electron chi connectivity index (χ3n) is 7.69. The first-order valence-electron chi connectivity index (χ1n) is 13.0. The summed E-state index contributed by atoms with van der Waals surface area (Å²) in [7, 11) is 0. The number of benzene rings is 2. The van der Waals surface area contributed by atoms with Crippen molar-refractivity contribution in [2.45, 2.75) is 51.4 Å². The summed E-state index contributed by atoms with van der Waals surface area (Å²) >= 11 is 0. The minimum atomic E-state index is 0.0198. The van der Waals surface area contributed by atoms with Crippen LogP contribution in [0.25, 0.3) is 0 Å². The fraction of sp³-hybridized carbons (Fsp3) is 0.500. The van der Waals surface area contributed by atoms with Gasteiger partial charge in [-0.05, 0) is 80.0 Å². The number of nitrogens with one attached hydrogen (secondary N) is 2. The highest BCUT2D eigenvalue weighted by molar-refractivity contribution is 5.94.